The average Bonchev–Trinajstić information content (AvgIpc) is 2.06. The summed E-state index contributed by atoms with van der Waals surface area (Å²) in [7, 11) is 0. The zero-order valence-corrected chi connectivity index (χ0v) is 6.03. The Morgan fingerprint density at radius 3 is 3.00 bits per heavy atom. The first-order valence-electron chi connectivity index (χ1n) is 3.36. The minimum atomic E-state index is -0.551. The van der Waals surface area contributed by atoms with E-state index in [1.165, 1.54) is 0 Å². The molecule has 0 aliphatic carbocycles. The summed E-state index contributed by atoms with van der Waals surface area (Å²) in [5, 5.41) is 0. The largest absolute Gasteiger partial charge is 0.321 e. The smallest absolute Gasteiger partial charge is 0.217 e. The van der Waals surface area contributed by atoms with E-state index < -0.39 is 6.04 Å². The maximum absolute atomic E-state index is 10.0. The molecule has 0 unspecified atom stereocenters. The Morgan fingerprint density at radius 2 is 2.45 bits per heavy atom. The van der Waals surface area contributed by atoms with Crippen LogP contribution in [0.5, 0.6) is 0 Å². The lowest BCUT2D eigenvalue weighted by atomic mass is 10.2. The summed E-state index contributed by atoms with van der Waals surface area (Å²) in [4.78, 5) is 14.0. The van der Waals surface area contributed by atoms with Gasteiger partial charge in [0, 0.05) is 18.3 Å². The van der Waals surface area contributed by atoms with Crippen LogP contribution in [0.4, 0.5) is 0 Å². The predicted molar refractivity (Wildman–Crippen MR) is 41.6 cm³/mol. The molecular weight excluding hydrogens is 140 g/mol. The maximum atomic E-state index is 10.0. The number of nitrogens with zero attached hydrogens (tertiary/aromatic N) is 1. The van der Waals surface area contributed by atoms with Gasteiger partial charge in [0.25, 0.3) is 0 Å². The van der Waals surface area contributed by atoms with Gasteiger partial charge in [-0.2, -0.15) is 0 Å². The highest BCUT2D eigenvalue weighted by Gasteiger charge is 2.02. The van der Waals surface area contributed by atoms with Gasteiger partial charge in [0.15, 0.2) is 0 Å². The highest BCUT2D eigenvalue weighted by Crippen LogP contribution is 1.95. The molecule has 1 atom stereocenters. The monoisotopic (exact) mass is 149 g/mol. The van der Waals surface area contributed by atoms with Crippen molar-refractivity contribution in [1.29, 1.82) is 0 Å². The van der Waals surface area contributed by atoms with Crippen molar-refractivity contribution in [2.45, 2.75) is 12.5 Å². The van der Waals surface area contributed by atoms with Crippen LogP contribution >= 0.6 is 0 Å². The van der Waals surface area contributed by atoms with Crippen molar-refractivity contribution in [3.8, 4) is 0 Å². The molecule has 2 N–H and O–H groups in total. The van der Waals surface area contributed by atoms with Crippen LogP contribution in [0.25, 0.3) is 0 Å². The summed E-state index contributed by atoms with van der Waals surface area (Å²) in [6, 6.07) is 4.96. The number of hydrogen-bond donors (Lipinski definition) is 1. The van der Waals surface area contributed by atoms with Crippen LogP contribution < -0.4 is 5.73 Å². The Bertz CT molecular complexity index is 223. The van der Waals surface area contributed by atoms with Gasteiger partial charge < -0.3 is 5.73 Å². The second kappa shape index (κ2) is 3.83. The van der Waals surface area contributed by atoms with Crippen molar-refractivity contribution < 1.29 is 4.79 Å². The Hall–Kier alpha value is -1.22. The van der Waals surface area contributed by atoms with Crippen LogP contribution in [0, 0.1) is 0 Å². The summed E-state index contributed by atoms with van der Waals surface area (Å²) in [5.74, 6) is 0. The first-order valence-corrected chi connectivity index (χ1v) is 3.36. The minimum Gasteiger partial charge on any atom is -0.321 e. The average molecular weight is 149 g/mol. The molecule has 0 aliphatic heterocycles. The molecule has 1 heterocycles. The van der Waals surface area contributed by atoms with Crippen LogP contribution in [-0.4, -0.2) is 17.3 Å². The molecule has 0 bridgehead atoms. The predicted octanol–water partition coefficient (Wildman–Crippen LogP) is 0.0611. The molecule has 1 radical (unpaired) electrons. The summed E-state index contributed by atoms with van der Waals surface area (Å²) < 4.78 is 0. The van der Waals surface area contributed by atoms with Crippen LogP contribution in [0.1, 0.15) is 5.69 Å². The van der Waals surface area contributed by atoms with E-state index in [0.717, 1.165) is 5.69 Å². The molecule has 1 aromatic rings. The van der Waals surface area contributed by atoms with E-state index in [0.29, 0.717) is 6.42 Å². The Balaban J connectivity index is 2.57. The summed E-state index contributed by atoms with van der Waals surface area (Å²) >= 11 is 0. The highest BCUT2D eigenvalue weighted by molar-refractivity contribution is 5.58. The Labute approximate surface area is 65.2 Å². The van der Waals surface area contributed by atoms with Crippen LogP contribution in [-0.2, 0) is 11.2 Å². The molecule has 0 fully saturated rings. The fourth-order valence-electron chi connectivity index (χ4n) is 0.786. The van der Waals surface area contributed by atoms with Gasteiger partial charge in [-0.1, -0.05) is 6.07 Å². The number of hydrogen-bond acceptors (Lipinski definition) is 3. The lowest BCUT2D eigenvalue weighted by Gasteiger charge is -2.00. The number of aromatic nitrogens is 1. The molecule has 1 aromatic heterocycles. The van der Waals surface area contributed by atoms with Gasteiger partial charge in [0.05, 0.1) is 6.04 Å². The van der Waals surface area contributed by atoms with Gasteiger partial charge in [-0.15, -0.1) is 0 Å². The van der Waals surface area contributed by atoms with E-state index in [9.17, 15) is 4.79 Å². The molecule has 57 valence electrons. The molecule has 0 spiro atoms. The van der Waals surface area contributed by atoms with E-state index >= 15 is 0 Å². The second-order valence-electron chi connectivity index (χ2n) is 2.25. The minimum absolute atomic E-state index is 0.463. The van der Waals surface area contributed by atoms with E-state index in [1.807, 2.05) is 18.2 Å². The summed E-state index contributed by atoms with van der Waals surface area (Å²) in [5.41, 5.74) is 6.16. The van der Waals surface area contributed by atoms with E-state index in [2.05, 4.69) is 4.98 Å². The van der Waals surface area contributed by atoms with Gasteiger partial charge in [-0.3, -0.25) is 9.78 Å². The number of nitrogens with two attached hydrogens (primary N) is 1. The van der Waals surface area contributed by atoms with Crippen molar-refractivity contribution in [2.24, 2.45) is 5.73 Å². The van der Waals surface area contributed by atoms with Crippen molar-refractivity contribution in [3.63, 3.8) is 0 Å². The maximum Gasteiger partial charge on any atom is 0.217 e. The van der Waals surface area contributed by atoms with Gasteiger partial charge in [0.1, 0.15) is 0 Å². The third kappa shape index (κ3) is 2.47. The lowest BCUT2D eigenvalue weighted by molar-refractivity contribution is 0.540. The van der Waals surface area contributed by atoms with Crippen molar-refractivity contribution in [2.75, 3.05) is 0 Å². The standard InChI is InChI=1S/C8H9N2O/c9-7(6-11)5-8-3-1-2-4-10-8/h1-4,7H,5,9H2/t7-/m0/s1. The van der Waals surface area contributed by atoms with Gasteiger partial charge in [-0.25, -0.2) is 0 Å². The fourth-order valence-corrected chi connectivity index (χ4v) is 0.786. The quantitative estimate of drug-likeness (QED) is 0.661. The first kappa shape index (κ1) is 7.88. The number of carbonyl (C=O) groups excluding carboxylic acids is 1. The molecule has 0 aromatic carbocycles. The third-order valence-corrected chi connectivity index (χ3v) is 1.31. The van der Waals surface area contributed by atoms with E-state index in [1.54, 1.807) is 12.5 Å². The van der Waals surface area contributed by atoms with Gasteiger partial charge in [-0.05, 0) is 12.1 Å². The summed E-state index contributed by atoms with van der Waals surface area (Å²) in [6.07, 6.45) is 3.84. The fraction of sp³-hybridized carbons (Fsp3) is 0.250. The Morgan fingerprint density at radius 1 is 1.64 bits per heavy atom. The molecule has 0 saturated carbocycles. The second-order valence-corrected chi connectivity index (χ2v) is 2.25. The molecule has 3 heteroatoms. The van der Waals surface area contributed by atoms with Crippen molar-refractivity contribution in [3.05, 3.63) is 30.1 Å². The normalized spacial score (nSPS) is 12.5. The lowest BCUT2D eigenvalue weighted by Crippen LogP contribution is -2.24. The molecule has 3 nitrogen and oxygen atoms in total. The Kier molecular flexibility index (Phi) is 2.74. The van der Waals surface area contributed by atoms with Gasteiger partial charge in [0.2, 0.25) is 6.29 Å². The van der Waals surface area contributed by atoms with Crippen molar-refractivity contribution in [1.82, 2.24) is 4.98 Å². The van der Waals surface area contributed by atoms with Crippen LogP contribution in [0.15, 0.2) is 24.4 Å². The molecule has 0 saturated heterocycles. The molecule has 1 rings (SSSR count). The van der Waals surface area contributed by atoms with Crippen LogP contribution in [0.2, 0.25) is 0 Å². The van der Waals surface area contributed by atoms with E-state index in [4.69, 9.17) is 5.73 Å². The molecule has 0 amide bonds. The zero-order chi connectivity index (χ0) is 8.10. The summed E-state index contributed by atoms with van der Waals surface area (Å²) in [6.45, 7) is 0. The highest BCUT2D eigenvalue weighted by atomic mass is 16.1. The van der Waals surface area contributed by atoms with Gasteiger partial charge >= 0.3 is 0 Å². The SMILES string of the molecule is N[C@H]([C]=O)Cc1ccccn1. The van der Waals surface area contributed by atoms with E-state index in [-0.39, 0.29) is 0 Å². The van der Waals surface area contributed by atoms with Crippen LogP contribution in [0.3, 0.4) is 0 Å². The molecular formula is C8H9N2O. The third-order valence-electron chi connectivity index (χ3n) is 1.31. The number of pyridine rings is 1. The number of rotatable bonds is 3. The first-order chi connectivity index (χ1) is 5.33. The zero-order valence-electron chi connectivity index (χ0n) is 6.03. The molecule has 11 heavy (non-hydrogen) atoms. The van der Waals surface area contributed by atoms with Crippen molar-refractivity contribution >= 4 is 6.29 Å². The molecule has 0 aliphatic rings. The topological polar surface area (TPSA) is 56.0 Å².